The van der Waals surface area contributed by atoms with Crippen molar-refractivity contribution >= 4 is 34.2 Å². The van der Waals surface area contributed by atoms with Gasteiger partial charge in [0, 0.05) is 17.7 Å². The molecule has 0 aliphatic heterocycles. The molecule has 2 aromatic heterocycles. The third kappa shape index (κ3) is 2.77. The van der Waals surface area contributed by atoms with Gasteiger partial charge >= 0.3 is 0 Å². The van der Waals surface area contributed by atoms with Crippen LogP contribution in [-0.2, 0) is 0 Å². The lowest BCUT2D eigenvalue weighted by Crippen LogP contribution is -1.77. The first-order chi connectivity index (χ1) is 11.4. The summed E-state index contributed by atoms with van der Waals surface area (Å²) in [5, 5.41) is 1.05. The number of hydrogen-bond acceptors (Lipinski definition) is 3. The van der Waals surface area contributed by atoms with E-state index in [9.17, 15) is 0 Å². The van der Waals surface area contributed by atoms with Crippen LogP contribution in [0.1, 0.15) is 11.5 Å². The summed E-state index contributed by atoms with van der Waals surface area (Å²) in [5.41, 5.74) is 3.56. The first kappa shape index (κ1) is 13.5. The Hall–Kier alpha value is -3.20. The monoisotopic (exact) mass is 298 g/mol. The van der Waals surface area contributed by atoms with Crippen molar-refractivity contribution in [3.05, 3.63) is 84.4 Å². The van der Waals surface area contributed by atoms with Crippen LogP contribution in [0.4, 0.5) is 0 Å². The fraction of sp³-hybridized carbons (Fsp3) is 0. The summed E-state index contributed by atoms with van der Waals surface area (Å²) in [6.07, 6.45) is 9.56. The van der Waals surface area contributed by atoms with Crippen molar-refractivity contribution < 1.29 is 4.42 Å². The average Bonchev–Trinajstić information content (AvgIpc) is 3.03. The fourth-order valence-electron chi connectivity index (χ4n) is 2.48. The van der Waals surface area contributed by atoms with Crippen molar-refractivity contribution in [3.8, 4) is 0 Å². The quantitative estimate of drug-likeness (QED) is 0.494. The van der Waals surface area contributed by atoms with E-state index in [4.69, 9.17) is 4.42 Å². The molecule has 0 saturated carbocycles. The average molecular weight is 298 g/mol. The van der Waals surface area contributed by atoms with Crippen LogP contribution in [0, 0.1) is 0 Å². The number of aromatic nitrogens is 2. The largest absolute Gasteiger partial charge is 0.434 e. The molecule has 0 spiro atoms. The minimum atomic E-state index is 0.580. The lowest BCUT2D eigenvalue weighted by molar-refractivity contribution is 0.591. The van der Waals surface area contributed by atoms with E-state index in [2.05, 4.69) is 22.1 Å². The van der Waals surface area contributed by atoms with Crippen LogP contribution in [0.5, 0.6) is 0 Å². The zero-order chi connectivity index (χ0) is 15.5. The molecule has 23 heavy (non-hydrogen) atoms. The summed E-state index contributed by atoms with van der Waals surface area (Å²) in [7, 11) is 0. The highest BCUT2D eigenvalue weighted by Crippen LogP contribution is 2.24. The molecular weight excluding hydrogens is 284 g/mol. The smallest absolute Gasteiger partial charge is 0.220 e. The Kier molecular flexibility index (Phi) is 3.45. The highest BCUT2D eigenvalue weighted by Gasteiger charge is 2.07. The predicted molar refractivity (Wildman–Crippen MR) is 93.8 cm³/mol. The van der Waals surface area contributed by atoms with Crippen LogP contribution in [0.15, 0.2) is 77.4 Å². The third-order valence-corrected chi connectivity index (χ3v) is 3.58. The summed E-state index contributed by atoms with van der Waals surface area (Å²) in [5.74, 6) is 0.580. The number of rotatable bonds is 3. The van der Waals surface area contributed by atoms with Gasteiger partial charge in [0.1, 0.15) is 11.0 Å². The fourth-order valence-corrected chi connectivity index (χ4v) is 2.48. The number of fused-ring (bicyclic) bond motifs is 3. The molecule has 110 valence electrons. The molecule has 0 N–H and O–H groups in total. The number of oxazole rings is 1. The minimum Gasteiger partial charge on any atom is -0.434 e. The van der Waals surface area contributed by atoms with Crippen molar-refractivity contribution in [1.82, 2.24) is 9.97 Å². The van der Waals surface area contributed by atoms with E-state index in [0.717, 1.165) is 27.6 Å². The first-order valence-corrected chi connectivity index (χ1v) is 7.44. The van der Waals surface area contributed by atoms with E-state index in [1.54, 1.807) is 6.20 Å². The Morgan fingerprint density at radius 3 is 2.61 bits per heavy atom. The van der Waals surface area contributed by atoms with Gasteiger partial charge in [0.2, 0.25) is 5.89 Å². The lowest BCUT2D eigenvalue weighted by Gasteiger charge is -1.94. The molecule has 3 heteroatoms. The van der Waals surface area contributed by atoms with Crippen molar-refractivity contribution in [3.63, 3.8) is 0 Å². The summed E-state index contributed by atoms with van der Waals surface area (Å²) in [4.78, 5) is 8.87. The van der Waals surface area contributed by atoms with Gasteiger partial charge in [-0.3, -0.25) is 4.98 Å². The highest BCUT2D eigenvalue weighted by atomic mass is 16.3. The zero-order valence-corrected chi connectivity index (χ0v) is 12.4. The van der Waals surface area contributed by atoms with Crippen LogP contribution in [0.2, 0.25) is 0 Å². The zero-order valence-electron chi connectivity index (χ0n) is 12.4. The maximum absolute atomic E-state index is 5.84. The van der Waals surface area contributed by atoms with Gasteiger partial charge in [-0.25, -0.2) is 4.98 Å². The molecule has 3 nitrogen and oxygen atoms in total. The number of allylic oxidation sites excluding steroid dienone is 2. The molecule has 0 radical (unpaired) electrons. The van der Waals surface area contributed by atoms with Crippen molar-refractivity contribution in [2.75, 3.05) is 0 Å². The van der Waals surface area contributed by atoms with Crippen LogP contribution in [0.25, 0.3) is 34.2 Å². The van der Waals surface area contributed by atoms with E-state index in [0.29, 0.717) is 5.89 Å². The molecule has 4 aromatic rings. The van der Waals surface area contributed by atoms with Crippen molar-refractivity contribution in [2.45, 2.75) is 0 Å². The minimum absolute atomic E-state index is 0.580. The molecule has 0 fully saturated rings. The molecule has 4 rings (SSSR count). The van der Waals surface area contributed by atoms with Gasteiger partial charge in [-0.1, -0.05) is 60.7 Å². The lowest BCUT2D eigenvalue weighted by atomic mass is 10.2. The van der Waals surface area contributed by atoms with E-state index >= 15 is 0 Å². The number of nitrogens with zero attached hydrogens (tertiary/aromatic N) is 2. The second kappa shape index (κ2) is 5.89. The van der Waals surface area contributed by atoms with Gasteiger partial charge in [-0.2, -0.15) is 0 Å². The van der Waals surface area contributed by atoms with E-state index in [1.807, 2.05) is 66.8 Å². The molecule has 0 aliphatic carbocycles. The topological polar surface area (TPSA) is 38.9 Å². The van der Waals surface area contributed by atoms with Gasteiger partial charge in [0.05, 0.1) is 0 Å². The Morgan fingerprint density at radius 2 is 1.70 bits per heavy atom. The molecule has 2 aromatic carbocycles. The SMILES string of the molecule is C(C=Cc1nc2ccc3cccnc3c2o1)=Cc1ccccc1. The molecule has 0 amide bonds. The van der Waals surface area contributed by atoms with Gasteiger partial charge in [0.25, 0.3) is 0 Å². The first-order valence-electron chi connectivity index (χ1n) is 7.44. The summed E-state index contributed by atoms with van der Waals surface area (Å²) < 4.78 is 5.84. The molecule has 0 atom stereocenters. The number of benzene rings is 2. The second-order valence-electron chi connectivity index (χ2n) is 5.17. The Balaban J connectivity index is 1.63. The maximum Gasteiger partial charge on any atom is 0.220 e. The van der Waals surface area contributed by atoms with Gasteiger partial charge in [-0.05, 0) is 17.7 Å². The van der Waals surface area contributed by atoms with Gasteiger partial charge < -0.3 is 4.42 Å². The van der Waals surface area contributed by atoms with Gasteiger partial charge in [0.15, 0.2) is 5.58 Å². The second-order valence-corrected chi connectivity index (χ2v) is 5.17. The van der Waals surface area contributed by atoms with Crippen LogP contribution < -0.4 is 0 Å². The standard InChI is InChI=1S/C20H14N2O/c1-2-7-15(8-3-1)9-4-5-11-18-22-17-13-12-16-10-6-14-21-19(16)20(17)23-18/h1-14H. The van der Waals surface area contributed by atoms with Crippen LogP contribution >= 0.6 is 0 Å². The third-order valence-electron chi connectivity index (χ3n) is 3.58. The maximum atomic E-state index is 5.84. The van der Waals surface area contributed by atoms with Gasteiger partial charge in [-0.15, -0.1) is 0 Å². The summed E-state index contributed by atoms with van der Waals surface area (Å²) >= 11 is 0. The highest BCUT2D eigenvalue weighted by molar-refractivity contribution is 6.00. The van der Waals surface area contributed by atoms with Crippen molar-refractivity contribution in [2.24, 2.45) is 0 Å². The number of hydrogen-bond donors (Lipinski definition) is 0. The van der Waals surface area contributed by atoms with Crippen LogP contribution in [-0.4, -0.2) is 9.97 Å². The van der Waals surface area contributed by atoms with E-state index in [-0.39, 0.29) is 0 Å². The molecule has 0 unspecified atom stereocenters. The molecule has 0 saturated heterocycles. The summed E-state index contributed by atoms with van der Waals surface area (Å²) in [6, 6.07) is 18.1. The predicted octanol–water partition coefficient (Wildman–Crippen LogP) is 5.10. The molecule has 0 aliphatic rings. The van der Waals surface area contributed by atoms with Crippen molar-refractivity contribution in [1.29, 1.82) is 0 Å². The molecular formula is C20H14N2O. The van der Waals surface area contributed by atoms with E-state index in [1.165, 1.54) is 0 Å². The molecule has 2 heterocycles. The Bertz CT molecular complexity index is 1010. The van der Waals surface area contributed by atoms with E-state index < -0.39 is 0 Å². The Labute approximate surface area is 133 Å². The Morgan fingerprint density at radius 1 is 0.826 bits per heavy atom. The molecule has 0 bridgehead atoms. The summed E-state index contributed by atoms with van der Waals surface area (Å²) in [6.45, 7) is 0. The number of pyridine rings is 1. The van der Waals surface area contributed by atoms with Crippen LogP contribution in [0.3, 0.4) is 0 Å². The normalized spacial score (nSPS) is 12.0.